The Morgan fingerprint density at radius 1 is 1.44 bits per heavy atom. The third kappa shape index (κ3) is 1.81. The molecule has 0 bridgehead atoms. The lowest BCUT2D eigenvalue weighted by atomic mass is 10.4. The number of rotatable bonds is 0. The molecule has 9 heavy (non-hydrogen) atoms. The van der Waals surface area contributed by atoms with E-state index in [1.807, 2.05) is 0 Å². The number of hydrogen-bond acceptors (Lipinski definition) is 2. The first-order valence-corrected chi connectivity index (χ1v) is 3.56. The molecule has 0 saturated carbocycles. The predicted molar refractivity (Wildman–Crippen MR) is 34.6 cm³/mol. The zero-order valence-electron chi connectivity index (χ0n) is 4.53. The molecule has 0 aromatic rings. The number of hydrogen-bond donors (Lipinski definition) is 1. The van der Waals surface area contributed by atoms with Gasteiger partial charge in [-0.25, -0.2) is 4.21 Å². The zero-order valence-corrected chi connectivity index (χ0v) is 5.35. The molecule has 48 valence electrons. The second kappa shape index (κ2) is 2.59. The van der Waals surface area contributed by atoms with Crippen molar-refractivity contribution in [1.29, 1.82) is 0 Å². The van der Waals surface area contributed by atoms with Crippen molar-refractivity contribution in [2.24, 2.45) is 0 Å². The van der Waals surface area contributed by atoms with E-state index in [9.17, 15) is 9.00 Å². The van der Waals surface area contributed by atoms with E-state index in [0.717, 1.165) is 0 Å². The van der Waals surface area contributed by atoms with Gasteiger partial charge in [0.25, 0.3) is 0 Å². The van der Waals surface area contributed by atoms with Crippen LogP contribution in [0, 0.1) is 0 Å². The SMILES string of the molecule is O=C1C=CNS(=O)C=C1. The van der Waals surface area contributed by atoms with Crippen LogP contribution in [0.5, 0.6) is 0 Å². The van der Waals surface area contributed by atoms with Crippen LogP contribution in [0.25, 0.3) is 0 Å². The Morgan fingerprint density at radius 3 is 3.00 bits per heavy atom. The molecule has 0 aromatic heterocycles. The van der Waals surface area contributed by atoms with Crippen LogP contribution in [0.3, 0.4) is 0 Å². The van der Waals surface area contributed by atoms with Gasteiger partial charge in [0.15, 0.2) is 5.78 Å². The maximum Gasteiger partial charge on any atom is 0.180 e. The van der Waals surface area contributed by atoms with Crippen LogP contribution >= 0.6 is 0 Å². The summed E-state index contributed by atoms with van der Waals surface area (Å²) in [4.78, 5) is 10.5. The van der Waals surface area contributed by atoms with Crippen LogP contribution in [0.15, 0.2) is 23.8 Å². The van der Waals surface area contributed by atoms with Gasteiger partial charge in [-0.15, -0.1) is 0 Å². The highest BCUT2D eigenvalue weighted by molar-refractivity contribution is 7.86. The standard InChI is InChI=1S/C5H5NO2S/c7-5-1-3-6-9(8)4-2-5/h1-4,6H. The summed E-state index contributed by atoms with van der Waals surface area (Å²) in [6, 6.07) is 0. The van der Waals surface area contributed by atoms with Gasteiger partial charge in [0.2, 0.25) is 0 Å². The fraction of sp³-hybridized carbons (Fsp3) is 0. The monoisotopic (exact) mass is 143 g/mol. The molecule has 0 aromatic carbocycles. The second-order valence-corrected chi connectivity index (χ2v) is 2.56. The molecule has 1 rings (SSSR count). The Bertz CT molecular complexity index is 207. The van der Waals surface area contributed by atoms with Crippen LogP contribution in [0.4, 0.5) is 0 Å². The van der Waals surface area contributed by atoms with E-state index in [0.29, 0.717) is 0 Å². The summed E-state index contributed by atoms with van der Waals surface area (Å²) in [5, 5.41) is 1.31. The normalized spacial score (nSPS) is 25.3. The Kier molecular flexibility index (Phi) is 1.79. The molecule has 1 aliphatic rings. The minimum Gasteiger partial charge on any atom is -0.308 e. The molecule has 1 heterocycles. The Morgan fingerprint density at radius 2 is 2.22 bits per heavy atom. The third-order valence-electron chi connectivity index (χ3n) is 0.788. The lowest BCUT2D eigenvalue weighted by molar-refractivity contribution is -0.110. The first-order valence-electron chi connectivity index (χ1n) is 2.34. The number of ketones is 1. The van der Waals surface area contributed by atoms with Gasteiger partial charge in [0, 0.05) is 17.7 Å². The van der Waals surface area contributed by atoms with Crippen molar-refractivity contribution in [3.63, 3.8) is 0 Å². The van der Waals surface area contributed by atoms with Gasteiger partial charge in [-0.3, -0.25) is 4.79 Å². The van der Waals surface area contributed by atoms with E-state index >= 15 is 0 Å². The Hall–Kier alpha value is -0.900. The van der Waals surface area contributed by atoms with Crippen molar-refractivity contribution in [3.8, 4) is 0 Å². The number of carbonyl (C=O) groups is 1. The maximum absolute atomic E-state index is 10.5. The van der Waals surface area contributed by atoms with E-state index in [-0.39, 0.29) is 5.78 Å². The van der Waals surface area contributed by atoms with E-state index < -0.39 is 11.0 Å². The lowest BCUT2D eigenvalue weighted by Crippen LogP contribution is -2.03. The zero-order chi connectivity index (χ0) is 6.69. The van der Waals surface area contributed by atoms with Crippen LogP contribution in [0.2, 0.25) is 0 Å². The van der Waals surface area contributed by atoms with Gasteiger partial charge in [-0.1, -0.05) is 0 Å². The molecule has 0 fully saturated rings. The van der Waals surface area contributed by atoms with Crippen molar-refractivity contribution in [3.05, 3.63) is 23.8 Å². The maximum atomic E-state index is 10.5. The van der Waals surface area contributed by atoms with Gasteiger partial charge in [-0.05, 0) is 6.08 Å². The van der Waals surface area contributed by atoms with Crippen LogP contribution in [0.1, 0.15) is 0 Å². The molecular formula is C5H5NO2S. The van der Waals surface area contributed by atoms with Crippen molar-refractivity contribution in [1.82, 2.24) is 4.72 Å². The number of carbonyl (C=O) groups excluding carboxylic acids is 1. The third-order valence-corrected chi connectivity index (χ3v) is 1.54. The predicted octanol–water partition coefficient (Wildman–Crippen LogP) is -0.150. The minimum atomic E-state index is -1.22. The van der Waals surface area contributed by atoms with Crippen LogP contribution in [-0.2, 0) is 15.8 Å². The summed E-state index contributed by atoms with van der Waals surface area (Å²) in [5.74, 6) is -0.145. The fourth-order valence-corrected chi connectivity index (χ4v) is 0.945. The fourth-order valence-electron chi connectivity index (χ4n) is 0.407. The average molecular weight is 143 g/mol. The topological polar surface area (TPSA) is 46.2 Å². The van der Waals surface area contributed by atoms with Crippen LogP contribution in [-0.4, -0.2) is 9.99 Å². The molecule has 1 N–H and O–H groups in total. The van der Waals surface area contributed by atoms with Gasteiger partial charge in [0.05, 0.1) is 0 Å². The average Bonchev–Trinajstić information content (AvgIpc) is 1.97. The van der Waals surface area contributed by atoms with Crippen molar-refractivity contribution < 1.29 is 9.00 Å². The number of allylic oxidation sites excluding steroid dienone is 2. The highest BCUT2D eigenvalue weighted by atomic mass is 32.2. The molecule has 1 aliphatic heterocycles. The van der Waals surface area contributed by atoms with Gasteiger partial charge in [0.1, 0.15) is 11.0 Å². The first-order chi connectivity index (χ1) is 4.29. The molecule has 0 spiro atoms. The molecule has 1 unspecified atom stereocenters. The van der Waals surface area contributed by atoms with E-state index in [2.05, 4.69) is 4.72 Å². The van der Waals surface area contributed by atoms with E-state index in [1.54, 1.807) is 0 Å². The molecule has 3 nitrogen and oxygen atoms in total. The molecule has 0 amide bonds. The highest BCUT2D eigenvalue weighted by Crippen LogP contribution is 1.88. The second-order valence-electron chi connectivity index (χ2n) is 1.45. The molecule has 1 atom stereocenters. The van der Waals surface area contributed by atoms with Crippen molar-refractivity contribution >= 4 is 16.8 Å². The van der Waals surface area contributed by atoms with Gasteiger partial charge in [-0.2, -0.15) is 0 Å². The minimum absolute atomic E-state index is 0.145. The lowest BCUT2D eigenvalue weighted by Gasteiger charge is -1.86. The number of nitrogens with one attached hydrogen (secondary N) is 1. The van der Waals surface area contributed by atoms with Gasteiger partial charge >= 0.3 is 0 Å². The smallest absolute Gasteiger partial charge is 0.180 e. The molecule has 0 radical (unpaired) electrons. The van der Waals surface area contributed by atoms with E-state index in [1.165, 1.54) is 23.8 Å². The van der Waals surface area contributed by atoms with Gasteiger partial charge < -0.3 is 4.72 Å². The molecule has 0 saturated heterocycles. The Balaban J connectivity index is 2.80. The van der Waals surface area contributed by atoms with E-state index in [4.69, 9.17) is 0 Å². The quantitative estimate of drug-likeness (QED) is 0.512. The largest absolute Gasteiger partial charge is 0.308 e. The Labute approximate surface area is 55.0 Å². The van der Waals surface area contributed by atoms with Crippen molar-refractivity contribution in [2.75, 3.05) is 0 Å². The summed E-state index contributed by atoms with van der Waals surface area (Å²) < 4.78 is 13.0. The first kappa shape index (κ1) is 6.22. The van der Waals surface area contributed by atoms with Crippen LogP contribution < -0.4 is 4.72 Å². The summed E-state index contributed by atoms with van der Waals surface area (Å²) >= 11 is 0. The summed E-state index contributed by atoms with van der Waals surface area (Å²) in [7, 11) is -1.22. The summed E-state index contributed by atoms with van der Waals surface area (Å²) in [6.45, 7) is 0. The molecule has 4 heteroatoms. The molecular weight excluding hydrogens is 138 g/mol. The molecule has 0 aliphatic carbocycles. The van der Waals surface area contributed by atoms with Crippen molar-refractivity contribution in [2.45, 2.75) is 0 Å². The summed E-state index contributed by atoms with van der Waals surface area (Å²) in [5.41, 5.74) is 0. The summed E-state index contributed by atoms with van der Waals surface area (Å²) in [6.07, 6.45) is 3.96. The highest BCUT2D eigenvalue weighted by Gasteiger charge is 1.95.